The fourth-order valence-electron chi connectivity index (χ4n) is 3.07. The van der Waals surface area contributed by atoms with Crippen LogP contribution in [0.25, 0.3) is 16.6 Å². The fourth-order valence-corrected chi connectivity index (χ4v) is 3.07. The molecular weight excluding hydrogens is 344 g/mol. The first-order valence-electron chi connectivity index (χ1n) is 8.62. The fraction of sp³-hybridized carbons (Fsp3) is 0.238. The molecular formula is C21H22N2O4. The Hall–Kier alpha value is -2.96. The van der Waals surface area contributed by atoms with Crippen molar-refractivity contribution in [3.05, 3.63) is 70.5 Å². The maximum absolute atomic E-state index is 13.3. The van der Waals surface area contributed by atoms with Crippen LogP contribution in [0.3, 0.4) is 0 Å². The molecule has 2 aromatic carbocycles. The van der Waals surface area contributed by atoms with E-state index in [1.54, 1.807) is 38.1 Å². The van der Waals surface area contributed by atoms with Gasteiger partial charge in [0.05, 0.1) is 18.7 Å². The molecule has 27 heavy (non-hydrogen) atoms. The summed E-state index contributed by atoms with van der Waals surface area (Å²) in [6.07, 6.45) is 0. The lowest BCUT2D eigenvalue weighted by molar-refractivity contribution is 0.135. The van der Waals surface area contributed by atoms with Gasteiger partial charge in [-0.25, -0.2) is 0 Å². The van der Waals surface area contributed by atoms with Crippen molar-refractivity contribution in [1.29, 1.82) is 0 Å². The number of aliphatic hydroxyl groups excluding tert-OH is 2. The van der Waals surface area contributed by atoms with E-state index in [0.717, 1.165) is 0 Å². The van der Waals surface area contributed by atoms with Gasteiger partial charge < -0.3 is 15.3 Å². The van der Waals surface area contributed by atoms with E-state index < -0.39 is 11.1 Å². The average molecular weight is 366 g/mol. The van der Waals surface area contributed by atoms with Crippen molar-refractivity contribution in [2.24, 2.45) is 4.99 Å². The third-order valence-electron chi connectivity index (χ3n) is 4.55. The molecule has 0 saturated carbocycles. The minimum atomic E-state index is -1.15. The van der Waals surface area contributed by atoms with Crippen LogP contribution in [0, 0.1) is 0 Å². The predicted octanol–water partition coefficient (Wildman–Crippen LogP) is 2.25. The summed E-state index contributed by atoms with van der Waals surface area (Å²) in [7, 11) is 0. The predicted molar refractivity (Wildman–Crippen MR) is 106 cm³/mol. The lowest BCUT2D eigenvalue weighted by Crippen LogP contribution is -2.34. The van der Waals surface area contributed by atoms with Crippen LogP contribution in [-0.2, 0) is 0 Å². The molecule has 1 aromatic heterocycles. The van der Waals surface area contributed by atoms with Gasteiger partial charge in [-0.05, 0) is 38.1 Å². The van der Waals surface area contributed by atoms with Gasteiger partial charge in [0.2, 0.25) is 0 Å². The van der Waals surface area contributed by atoms with Gasteiger partial charge in [0.15, 0.2) is 0 Å². The number of rotatable bonds is 5. The summed E-state index contributed by atoms with van der Waals surface area (Å²) in [5.74, 6) is -0.165. The highest BCUT2D eigenvalue weighted by Gasteiger charge is 2.25. The number of aromatic nitrogens is 1. The summed E-state index contributed by atoms with van der Waals surface area (Å²) < 4.78 is 1.53. The molecule has 0 amide bonds. The van der Waals surface area contributed by atoms with Crippen LogP contribution < -0.4 is 5.56 Å². The van der Waals surface area contributed by atoms with Crippen LogP contribution in [0.1, 0.15) is 19.4 Å². The van der Waals surface area contributed by atoms with Crippen molar-refractivity contribution in [2.75, 3.05) is 13.2 Å². The summed E-state index contributed by atoms with van der Waals surface area (Å²) in [4.78, 5) is 17.6. The largest absolute Gasteiger partial charge is 0.506 e. The highest BCUT2D eigenvalue weighted by molar-refractivity contribution is 6.05. The molecule has 0 aliphatic carbocycles. The zero-order valence-corrected chi connectivity index (χ0v) is 15.3. The number of benzene rings is 2. The van der Waals surface area contributed by atoms with Crippen LogP contribution in [0.5, 0.6) is 5.75 Å². The van der Waals surface area contributed by atoms with Crippen molar-refractivity contribution in [3.8, 4) is 11.4 Å². The molecule has 3 aromatic rings. The van der Waals surface area contributed by atoms with Crippen LogP contribution in [0.15, 0.2) is 64.4 Å². The SMILES string of the molecule is CC(=NC(C)(CO)CO)c1c(O)c2ccccc2n(-c2ccccc2)c1=O. The molecule has 0 bridgehead atoms. The number of aromatic hydroxyl groups is 1. The summed E-state index contributed by atoms with van der Waals surface area (Å²) >= 11 is 0. The van der Waals surface area contributed by atoms with Crippen molar-refractivity contribution >= 4 is 16.6 Å². The smallest absolute Gasteiger partial charge is 0.268 e. The third-order valence-corrected chi connectivity index (χ3v) is 4.55. The first-order chi connectivity index (χ1) is 12.9. The van der Waals surface area contributed by atoms with Crippen molar-refractivity contribution in [3.63, 3.8) is 0 Å². The maximum atomic E-state index is 13.3. The number of pyridine rings is 1. The van der Waals surface area contributed by atoms with Gasteiger partial charge in [0.1, 0.15) is 16.9 Å². The number of para-hydroxylation sites is 2. The number of aliphatic imine (C=N–C) groups is 1. The first-order valence-corrected chi connectivity index (χ1v) is 8.62. The molecule has 0 radical (unpaired) electrons. The highest BCUT2D eigenvalue weighted by atomic mass is 16.3. The van der Waals surface area contributed by atoms with Gasteiger partial charge in [-0.3, -0.25) is 14.4 Å². The normalized spacial score (nSPS) is 12.5. The van der Waals surface area contributed by atoms with Crippen LogP contribution >= 0.6 is 0 Å². The Morgan fingerprint density at radius 2 is 1.63 bits per heavy atom. The molecule has 0 atom stereocenters. The van der Waals surface area contributed by atoms with Gasteiger partial charge in [-0.1, -0.05) is 30.3 Å². The molecule has 0 fully saturated rings. The van der Waals surface area contributed by atoms with E-state index in [9.17, 15) is 20.1 Å². The van der Waals surface area contributed by atoms with E-state index in [2.05, 4.69) is 4.99 Å². The quantitative estimate of drug-likeness (QED) is 0.604. The van der Waals surface area contributed by atoms with E-state index in [0.29, 0.717) is 16.6 Å². The minimum Gasteiger partial charge on any atom is -0.506 e. The van der Waals surface area contributed by atoms with E-state index in [-0.39, 0.29) is 30.2 Å². The molecule has 3 N–H and O–H groups in total. The number of hydrogen-bond donors (Lipinski definition) is 3. The van der Waals surface area contributed by atoms with Gasteiger partial charge in [-0.2, -0.15) is 0 Å². The minimum absolute atomic E-state index is 0.0469. The Balaban J connectivity index is 2.39. The Labute approximate surface area is 156 Å². The molecule has 1 heterocycles. The molecule has 140 valence electrons. The number of aliphatic hydroxyl groups is 2. The summed E-state index contributed by atoms with van der Waals surface area (Å²) in [5, 5.41) is 30.3. The van der Waals surface area contributed by atoms with E-state index in [4.69, 9.17) is 0 Å². The van der Waals surface area contributed by atoms with Crippen LogP contribution in [0.2, 0.25) is 0 Å². The molecule has 0 aliphatic rings. The Morgan fingerprint density at radius 1 is 1.04 bits per heavy atom. The Kier molecular flexibility index (Phi) is 5.12. The van der Waals surface area contributed by atoms with E-state index in [1.165, 1.54) is 4.57 Å². The molecule has 0 unspecified atom stereocenters. The molecule has 3 rings (SSSR count). The second-order valence-corrected chi connectivity index (χ2v) is 6.73. The van der Waals surface area contributed by atoms with Gasteiger partial charge in [-0.15, -0.1) is 0 Å². The summed E-state index contributed by atoms with van der Waals surface area (Å²) in [5.41, 5.74) is -0.0256. The maximum Gasteiger partial charge on any atom is 0.268 e. The monoisotopic (exact) mass is 366 g/mol. The van der Waals surface area contributed by atoms with Gasteiger partial charge >= 0.3 is 0 Å². The second-order valence-electron chi connectivity index (χ2n) is 6.73. The van der Waals surface area contributed by atoms with Crippen molar-refractivity contribution < 1.29 is 15.3 Å². The number of nitrogens with zero attached hydrogens (tertiary/aromatic N) is 2. The molecule has 0 saturated heterocycles. The molecule has 6 nitrogen and oxygen atoms in total. The zero-order chi connectivity index (χ0) is 19.6. The number of fused-ring (bicyclic) bond motifs is 1. The van der Waals surface area contributed by atoms with Crippen molar-refractivity contribution in [1.82, 2.24) is 4.57 Å². The van der Waals surface area contributed by atoms with Crippen LogP contribution in [-0.4, -0.2) is 44.4 Å². The topological polar surface area (TPSA) is 95.1 Å². The van der Waals surface area contributed by atoms with Crippen LogP contribution in [0.4, 0.5) is 0 Å². The first kappa shape index (κ1) is 18.8. The van der Waals surface area contributed by atoms with Gasteiger partial charge in [0, 0.05) is 16.8 Å². The molecule has 0 aliphatic heterocycles. The third kappa shape index (κ3) is 3.37. The Morgan fingerprint density at radius 3 is 2.26 bits per heavy atom. The lowest BCUT2D eigenvalue weighted by atomic mass is 10.0. The van der Waals surface area contributed by atoms with E-state index >= 15 is 0 Å². The second kappa shape index (κ2) is 7.34. The highest BCUT2D eigenvalue weighted by Crippen LogP contribution is 2.29. The van der Waals surface area contributed by atoms with E-state index in [1.807, 2.05) is 30.3 Å². The molecule has 0 spiro atoms. The standard InChI is InChI=1S/C21H22N2O4/c1-14(22-21(2,12-24)13-25)18-19(26)16-10-6-7-11-17(16)23(20(18)27)15-8-4-3-5-9-15/h3-11,24-26H,12-13H2,1-2H3. The zero-order valence-electron chi connectivity index (χ0n) is 15.3. The summed E-state index contributed by atoms with van der Waals surface area (Å²) in [6.45, 7) is 2.39. The Bertz CT molecular complexity index is 1050. The number of hydrogen-bond acceptors (Lipinski definition) is 5. The average Bonchev–Trinajstić information content (AvgIpc) is 2.69. The summed E-state index contributed by atoms with van der Waals surface area (Å²) in [6, 6.07) is 16.2. The van der Waals surface area contributed by atoms with Crippen molar-refractivity contribution in [2.45, 2.75) is 19.4 Å². The van der Waals surface area contributed by atoms with Gasteiger partial charge in [0.25, 0.3) is 5.56 Å². The lowest BCUT2D eigenvalue weighted by Gasteiger charge is -2.21. The molecule has 6 heteroatoms.